The standard InChI is InChI=1S/C55H94N2O6/c1-15-19-31-58-47-35-51(5,6)56(52(7,8)36-47)39-49(60-33-21-17-3)41-62-45-27-23-43(24-28-45)55(13,14)44-25-29-46(30-26-44)63-42-50(61-34-22-18-4)40-57-53(9,10)37-48(38-54(57,11)12)59-32-20-16-2/h23-30,47-50H,15-22,31-42H2,1-14H3. The van der Waals surface area contributed by atoms with Gasteiger partial charge < -0.3 is 28.4 Å². The number of rotatable bonds is 28. The zero-order chi connectivity index (χ0) is 46.3. The Hall–Kier alpha value is -2.20. The van der Waals surface area contributed by atoms with E-state index in [1.54, 1.807) is 0 Å². The van der Waals surface area contributed by atoms with Gasteiger partial charge in [0.15, 0.2) is 0 Å². The summed E-state index contributed by atoms with van der Waals surface area (Å²) in [5.41, 5.74) is 2.23. The number of nitrogens with zero attached hydrogens (tertiary/aromatic N) is 2. The fourth-order valence-electron chi connectivity index (χ4n) is 10.4. The molecule has 63 heavy (non-hydrogen) atoms. The van der Waals surface area contributed by atoms with Crippen molar-refractivity contribution in [1.29, 1.82) is 0 Å². The maximum absolute atomic E-state index is 6.54. The van der Waals surface area contributed by atoms with E-state index in [1.807, 2.05) is 0 Å². The Morgan fingerprint density at radius 1 is 0.492 bits per heavy atom. The third-order valence-corrected chi connectivity index (χ3v) is 14.0. The molecule has 4 rings (SSSR count). The molecule has 8 nitrogen and oxygen atoms in total. The van der Waals surface area contributed by atoms with E-state index in [-0.39, 0.29) is 52.0 Å². The Kier molecular flexibility index (Phi) is 20.8. The number of ether oxygens (including phenoxy) is 6. The summed E-state index contributed by atoms with van der Waals surface area (Å²) in [7, 11) is 0. The molecule has 0 aliphatic carbocycles. The highest BCUT2D eigenvalue weighted by Crippen LogP contribution is 2.42. The molecule has 0 spiro atoms. The van der Waals surface area contributed by atoms with Crippen molar-refractivity contribution >= 4 is 0 Å². The van der Waals surface area contributed by atoms with Gasteiger partial charge in [0, 0.05) is 67.1 Å². The largest absolute Gasteiger partial charge is 0.491 e. The van der Waals surface area contributed by atoms with Crippen LogP contribution < -0.4 is 9.47 Å². The van der Waals surface area contributed by atoms with Crippen LogP contribution in [0.25, 0.3) is 0 Å². The van der Waals surface area contributed by atoms with Crippen LogP contribution >= 0.6 is 0 Å². The van der Waals surface area contributed by atoms with E-state index < -0.39 is 0 Å². The normalized spacial score (nSPS) is 20.4. The van der Waals surface area contributed by atoms with Crippen LogP contribution in [0.15, 0.2) is 48.5 Å². The van der Waals surface area contributed by atoms with Crippen LogP contribution in [0.1, 0.15) is 185 Å². The molecule has 2 fully saturated rings. The first-order chi connectivity index (χ1) is 29.8. The summed E-state index contributed by atoms with van der Waals surface area (Å²) in [6.45, 7) is 38.3. The second kappa shape index (κ2) is 24.5. The Labute approximate surface area is 386 Å². The van der Waals surface area contributed by atoms with E-state index in [0.29, 0.717) is 13.2 Å². The van der Waals surface area contributed by atoms with Gasteiger partial charge in [-0.15, -0.1) is 0 Å². The maximum atomic E-state index is 6.54. The van der Waals surface area contributed by atoms with E-state index in [4.69, 9.17) is 28.4 Å². The summed E-state index contributed by atoms with van der Waals surface area (Å²) >= 11 is 0. The van der Waals surface area contributed by atoms with Crippen LogP contribution in [-0.2, 0) is 24.4 Å². The van der Waals surface area contributed by atoms with Crippen molar-refractivity contribution in [3.63, 3.8) is 0 Å². The number of likely N-dealkylation sites (tertiary alicyclic amines) is 2. The molecule has 2 unspecified atom stereocenters. The summed E-state index contributed by atoms with van der Waals surface area (Å²) < 4.78 is 38.9. The number of hydrogen-bond donors (Lipinski definition) is 0. The number of unbranched alkanes of at least 4 members (excludes halogenated alkanes) is 4. The number of piperidine rings is 2. The van der Waals surface area contributed by atoms with Gasteiger partial charge in [-0.3, -0.25) is 9.80 Å². The molecule has 0 amide bonds. The highest BCUT2D eigenvalue weighted by atomic mass is 16.5. The Bertz CT molecular complexity index is 1420. The van der Waals surface area contributed by atoms with Crippen molar-refractivity contribution in [2.45, 2.75) is 226 Å². The van der Waals surface area contributed by atoms with Gasteiger partial charge in [0.25, 0.3) is 0 Å². The first-order valence-electron chi connectivity index (χ1n) is 25.3. The second-order valence-electron chi connectivity index (χ2n) is 22.0. The van der Waals surface area contributed by atoms with Crippen LogP contribution in [-0.4, -0.2) is 109 Å². The molecular formula is C55H94N2O6. The minimum absolute atomic E-state index is 0.0102. The first kappa shape index (κ1) is 53.4. The Balaban J connectivity index is 1.37. The second-order valence-corrected chi connectivity index (χ2v) is 22.0. The minimum Gasteiger partial charge on any atom is -0.491 e. The van der Waals surface area contributed by atoms with Gasteiger partial charge in [0.05, 0.1) is 12.2 Å². The third kappa shape index (κ3) is 16.0. The summed E-state index contributed by atoms with van der Waals surface area (Å²) in [6.07, 6.45) is 13.5. The predicted octanol–water partition coefficient (Wildman–Crippen LogP) is 12.8. The van der Waals surface area contributed by atoms with Crippen LogP contribution in [0.4, 0.5) is 0 Å². The zero-order valence-electron chi connectivity index (χ0n) is 42.9. The summed E-state index contributed by atoms with van der Waals surface area (Å²) in [6, 6.07) is 17.3. The van der Waals surface area contributed by atoms with E-state index in [1.165, 1.54) is 11.1 Å². The van der Waals surface area contributed by atoms with E-state index in [2.05, 4.69) is 155 Å². The van der Waals surface area contributed by atoms with Gasteiger partial charge in [-0.25, -0.2) is 0 Å². The highest BCUT2D eigenvalue weighted by molar-refractivity contribution is 5.42. The van der Waals surface area contributed by atoms with Crippen molar-refractivity contribution in [1.82, 2.24) is 9.80 Å². The van der Waals surface area contributed by atoms with Crippen LogP contribution in [0, 0.1) is 0 Å². The summed E-state index contributed by atoms with van der Waals surface area (Å²) in [5.74, 6) is 1.74. The Morgan fingerprint density at radius 3 is 1.10 bits per heavy atom. The SMILES string of the molecule is CCCCOC(COc1ccc(C(C)(C)c2ccc(OCC(CN3C(C)(C)CC(OCCCC)CC3(C)C)OCCCC)cc2)cc1)CN1C(C)(C)CC(OCCCC)CC1(C)C. The van der Waals surface area contributed by atoms with Gasteiger partial charge in [-0.2, -0.15) is 0 Å². The van der Waals surface area contributed by atoms with Crippen molar-refractivity contribution in [3.05, 3.63) is 59.7 Å². The molecule has 0 radical (unpaired) electrons. The lowest BCUT2D eigenvalue weighted by atomic mass is 9.77. The molecule has 0 N–H and O–H groups in total. The van der Waals surface area contributed by atoms with E-state index in [9.17, 15) is 0 Å². The van der Waals surface area contributed by atoms with Crippen molar-refractivity contribution in [2.24, 2.45) is 0 Å². The number of hydrogen-bond acceptors (Lipinski definition) is 8. The lowest BCUT2D eigenvalue weighted by Gasteiger charge is -2.56. The first-order valence-corrected chi connectivity index (χ1v) is 25.3. The molecule has 2 heterocycles. The molecule has 2 atom stereocenters. The summed E-state index contributed by atoms with van der Waals surface area (Å²) in [4.78, 5) is 5.30. The lowest BCUT2D eigenvalue weighted by Crippen LogP contribution is -2.64. The smallest absolute Gasteiger partial charge is 0.119 e. The van der Waals surface area contributed by atoms with Crippen molar-refractivity contribution in [3.8, 4) is 11.5 Å². The fraction of sp³-hybridized carbons (Fsp3) is 0.782. The van der Waals surface area contributed by atoms with Crippen LogP contribution in [0.5, 0.6) is 11.5 Å². The van der Waals surface area contributed by atoms with Gasteiger partial charge >= 0.3 is 0 Å². The van der Waals surface area contributed by atoms with Gasteiger partial charge in [0.2, 0.25) is 0 Å². The van der Waals surface area contributed by atoms with Gasteiger partial charge in [-0.05, 0) is 142 Å². The molecule has 0 aromatic heterocycles. The zero-order valence-corrected chi connectivity index (χ0v) is 42.9. The molecule has 2 aliphatic heterocycles. The molecule has 0 bridgehead atoms. The molecule has 2 aliphatic rings. The topological polar surface area (TPSA) is 61.9 Å². The molecule has 2 aromatic carbocycles. The Morgan fingerprint density at radius 2 is 0.794 bits per heavy atom. The molecule has 0 saturated carbocycles. The minimum atomic E-state index is -0.207. The van der Waals surface area contributed by atoms with Crippen molar-refractivity contribution < 1.29 is 28.4 Å². The monoisotopic (exact) mass is 879 g/mol. The van der Waals surface area contributed by atoms with Gasteiger partial charge in [0.1, 0.15) is 36.9 Å². The average Bonchev–Trinajstić information content (AvgIpc) is 3.21. The van der Waals surface area contributed by atoms with Gasteiger partial charge in [-0.1, -0.05) is 91.5 Å². The number of benzene rings is 2. The van der Waals surface area contributed by atoms with Crippen LogP contribution in [0.2, 0.25) is 0 Å². The van der Waals surface area contributed by atoms with Crippen LogP contribution in [0.3, 0.4) is 0 Å². The maximum Gasteiger partial charge on any atom is 0.119 e. The van der Waals surface area contributed by atoms with Crippen molar-refractivity contribution in [2.75, 3.05) is 52.7 Å². The highest BCUT2D eigenvalue weighted by Gasteiger charge is 2.48. The molecule has 8 heteroatoms. The molecule has 2 saturated heterocycles. The molecule has 360 valence electrons. The summed E-state index contributed by atoms with van der Waals surface area (Å²) in [5, 5.41) is 0. The third-order valence-electron chi connectivity index (χ3n) is 14.0. The average molecular weight is 879 g/mol. The van der Waals surface area contributed by atoms with E-state index >= 15 is 0 Å². The molecular weight excluding hydrogens is 785 g/mol. The lowest BCUT2D eigenvalue weighted by molar-refractivity contribution is -0.126. The molecule has 2 aromatic rings. The predicted molar refractivity (Wildman–Crippen MR) is 263 cm³/mol. The fourth-order valence-corrected chi connectivity index (χ4v) is 10.4. The quantitative estimate of drug-likeness (QED) is 0.0784. The van der Waals surface area contributed by atoms with E-state index in [0.717, 1.165) is 128 Å².